The van der Waals surface area contributed by atoms with Crippen molar-refractivity contribution in [2.45, 2.75) is 36.9 Å². The average Bonchev–Trinajstić information content (AvgIpc) is 2.65. The molecule has 5 nitrogen and oxygen atoms in total. The number of carboxylic acids is 1. The Morgan fingerprint density at radius 2 is 2.18 bits per heavy atom. The third kappa shape index (κ3) is 4.10. The van der Waals surface area contributed by atoms with Gasteiger partial charge in [-0.25, -0.2) is 13.1 Å². The van der Waals surface area contributed by atoms with Crippen LogP contribution in [0.2, 0.25) is 0 Å². The summed E-state index contributed by atoms with van der Waals surface area (Å²) in [5, 5.41) is 8.60. The Bertz CT molecular complexity index is 492. The van der Waals surface area contributed by atoms with Crippen molar-refractivity contribution in [3.8, 4) is 0 Å². The minimum absolute atomic E-state index is 0.134. The van der Waals surface area contributed by atoms with Crippen LogP contribution in [-0.4, -0.2) is 25.5 Å². The second-order valence-electron chi connectivity index (χ2n) is 3.72. The Morgan fingerprint density at radius 3 is 2.71 bits per heavy atom. The highest BCUT2D eigenvalue weighted by molar-refractivity contribution is 7.91. The van der Waals surface area contributed by atoms with Gasteiger partial charge in [-0.1, -0.05) is 6.92 Å². The van der Waals surface area contributed by atoms with E-state index in [2.05, 4.69) is 4.72 Å². The maximum atomic E-state index is 11.9. The van der Waals surface area contributed by atoms with Crippen molar-refractivity contribution >= 4 is 27.3 Å². The van der Waals surface area contributed by atoms with Gasteiger partial charge in [0.1, 0.15) is 4.21 Å². The zero-order chi connectivity index (χ0) is 13.1. The minimum atomic E-state index is -3.51. The molecule has 0 saturated carbocycles. The van der Waals surface area contributed by atoms with E-state index >= 15 is 0 Å². The summed E-state index contributed by atoms with van der Waals surface area (Å²) in [5.74, 6) is -0.967. The molecule has 96 valence electrons. The molecule has 1 rings (SSSR count). The smallest absolute Gasteiger partial charge is 0.308 e. The molecule has 1 atom stereocenters. The first kappa shape index (κ1) is 14.1. The Kier molecular flexibility index (Phi) is 4.67. The van der Waals surface area contributed by atoms with Crippen LogP contribution >= 0.6 is 11.3 Å². The third-order valence-corrected chi connectivity index (χ3v) is 5.36. The molecule has 1 heterocycles. The highest BCUT2D eigenvalue weighted by Crippen LogP contribution is 2.22. The lowest BCUT2D eigenvalue weighted by Gasteiger charge is -2.10. The van der Waals surface area contributed by atoms with E-state index in [4.69, 9.17) is 5.11 Å². The maximum absolute atomic E-state index is 11.9. The van der Waals surface area contributed by atoms with Gasteiger partial charge >= 0.3 is 5.97 Å². The number of hydrogen-bond acceptors (Lipinski definition) is 4. The molecule has 0 aromatic carbocycles. The highest BCUT2D eigenvalue weighted by atomic mass is 32.2. The van der Waals surface area contributed by atoms with Crippen molar-refractivity contribution in [2.75, 3.05) is 0 Å². The molecule has 0 aliphatic carbocycles. The van der Waals surface area contributed by atoms with Crippen molar-refractivity contribution in [3.05, 3.63) is 17.0 Å². The van der Waals surface area contributed by atoms with Gasteiger partial charge < -0.3 is 5.11 Å². The lowest BCUT2D eigenvalue weighted by atomic mass is 10.3. The van der Waals surface area contributed by atoms with E-state index in [-0.39, 0.29) is 16.7 Å². The quantitative estimate of drug-likeness (QED) is 0.824. The molecule has 1 aromatic rings. The van der Waals surface area contributed by atoms with Gasteiger partial charge in [0, 0.05) is 10.9 Å². The molecule has 17 heavy (non-hydrogen) atoms. The number of sulfonamides is 1. The van der Waals surface area contributed by atoms with E-state index in [0.29, 0.717) is 11.3 Å². The third-order valence-electron chi connectivity index (χ3n) is 2.20. The molecule has 0 aliphatic rings. The van der Waals surface area contributed by atoms with Crippen LogP contribution in [0.25, 0.3) is 0 Å². The number of rotatable bonds is 6. The van der Waals surface area contributed by atoms with E-state index in [0.717, 1.165) is 11.3 Å². The van der Waals surface area contributed by atoms with Crippen LogP contribution in [0.1, 0.15) is 25.1 Å². The van der Waals surface area contributed by atoms with E-state index < -0.39 is 16.0 Å². The standard InChI is InChI=1S/C10H15NO4S2/c1-3-7(2)11-17(14,15)10-5-4-8(16-10)6-9(12)13/h4-5,7,11H,3,6H2,1-2H3,(H,12,13). The van der Waals surface area contributed by atoms with Crippen molar-refractivity contribution in [1.82, 2.24) is 4.72 Å². The molecular formula is C10H15NO4S2. The summed E-state index contributed by atoms with van der Waals surface area (Å²) in [6, 6.07) is 2.84. The Labute approximate surface area is 105 Å². The number of carboxylic acid groups (broad SMARTS) is 1. The topological polar surface area (TPSA) is 83.5 Å². The average molecular weight is 277 g/mol. The maximum Gasteiger partial charge on any atom is 0.308 e. The van der Waals surface area contributed by atoms with Gasteiger partial charge in [-0.2, -0.15) is 0 Å². The van der Waals surface area contributed by atoms with Gasteiger partial charge in [0.2, 0.25) is 10.0 Å². The van der Waals surface area contributed by atoms with Gasteiger partial charge in [0.05, 0.1) is 6.42 Å². The summed E-state index contributed by atoms with van der Waals surface area (Å²) in [7, 11) is -3.51. The highest BCUT2D eigenvalue weighted by Gasteiger charge is 2.19. The molecule has 0 radical (unpaired) electrons. The second kappa shape index (κ2) is 5.61. The summed E-state index contributed by atoms with van der Waals surface area (Å²) < 4.78 is 26.4. The molecule has 1 unspecified atom stereocenters. The number of carbonyl (C=O) groups is 1. The number of nitrogens with one attached hydrogen (secondary N) is 1. The van der Waals surface area contributed by atoms with Crippen LogP contribution in [0.4, 0.5) is 0 Å². The van der Waals surface area contributed by atoms with E-state index in [1.54, 1.807) is 6.92 Å². The number of aliphatic carboxylic acids is 1. The molecule has 0 aliphatic heterocycles. The Hall–Kier alpha value is -0.920. The number of hydrogen-bond donors (Lipinski definition) is 2. The molecule has 2 N–H and O–H groups in total. The Morgan fingerprint density at radius 1 is 1.53 bits per heavy atom. The molecule has 0 saturated heterocycles. The second-order valence-corrected chi connectivity index (χ2v) is 6.83. The molecule has 0 amide bonds. The summed E-state index contributed by atoms with van der Waals surface area (Å²) in [4.78, 5) is 11.0. The largest absolute Gasteiger partial charge is 0.481 e. The van der Waals surface area contributed by atoms with Crippen LogP contribution in [-0.2, 0) is 21.2 Å². The van der Waals surface area contributed by atoms with E-state index in [1.807, 2.05) is 6.92 Å². The first-order valence-corrected chi connectivity index (χ1v) is 7.48. The first-order chi connectivity index (χ1) is 7.85. The van der Waals surface area contributed by atoms with Crippen LogP contribution in [0.3, 0.4) is 0 Å². The molecule has 1 aromatic heterocycles. The van der Waals surface area contributed by atoms with Crippen molar-refractivity contribution in [1.29, 1.82) is 0 Å². The lowest BCUT2D eigenvalue weighted by Crippen LogP contribution is -2.31. The van der Waals surface area contributed by atoms with Crippen LogP contribution in [0.15, 0.2) is 16.3 Å². The fourth-order valence-electron chi connectivity index (χ4n) is 1.15. The predicted octanol–water partition coefficient (Wildman–Crippen LogP) is 1.45. The summed E-state index contributed by atoms with van der Waals surface area (Å²) in [6.45, 7) is 3.67. The van der Waals surface area contributed by atoms with Crippen LogP contribution < -0.4 is 4.72 Å². The van der Waals surface area contributed by atoms with Gasteiger partial charge in [-0.15, -0.1) is 11.3 Å². The fraction of sp³-hybridized carbons (Fsp3) is 0.500. The normalized spacial score (nSPS) is 13.5. The summed E-state index contributed by atoms with van der Waals surface area (Å²) in [5.41, 5.74) is 0. The molecule has 0 bridgehead atoms. The van der Waals surface area contributed by atoms with E-state index in [9.17, 15) is 13.2 Å². The summed E-state index contributed by atoms with van der Waals surface area (Å²) in [6.07, 6.45) is 0.552. The zero-order valence-electron chi connectivity index (χ0n) is 9.63. The molecule has 7 heteroatoms. The van der Waals surface area contributed by atoms with Crippen molar-refractivity contribution in [2.24, 2.45) is 0 Å². The van der Waals surface area contributed by atoms with Crippen LogP contribution in [0.5, 0.6) is 0 Å². The van der Waals surface area contributed by atoms with Gasteiger partial charge in [-0.3, -0.25) is 4.79 Å². The van der Waals surface area contributed by atoms with Crippen LogP contribution in [0, 0.1) is 0 Å². The monoisotopic (exact) mass is 277 g/mol. The summed E-state index contributed by atoms with van der Waals surface area (Å²) >= 11 is 0.989. The Balaban J connectivity index is 2.85. The van der Waals surface area contributed by atoms with Gasteiger partial charge in [0.25, 0.3) is 0 Å². The molecule has 0 fully saturated rings. The van der Waals surface area contributed by atoms with Gasteiger partial charge in [0.15, 0.2) is 0 Å². The molecular weight excluding hydrogens is 262 g/mol. The van der Waals surface area contributed by atoms with Crippen molar-refractivity contribution in [3.63, 3.8) is 0 Å². The first-order valence-electron chi connectivity index (χ1n) is 5.18. The molecule has 0 spiro atoms. The fourth-order valence-corrected chi connectivity index (χ4v) is 3.84. The van der Waals surface area contributed by atoms with Crippen molar-refractivity contribution < 1.29 is 18.3 Å². The number of thiophene rings is 1. The predicted molar refractivity (Wildman–Crippen MR) is 65.7 cm³/mol. The lowest BCUT2D eigenvalue weighted by molar-refractivity contribution is -0.136. The zero-order valence-corrected chi connectivity index (χ0v) is 11.3. The minimum Gasteiger partial charge on any atom is -0.481 e. The SMILES string of the molecule is CCC(C)NS(=O)(=O)c1ccc(CC(=O)O)s1. The van der Waals surface area contributed by atoms with Gasteiger partial charge in [-0.05, 0) is 25.5 Å². The van der Waals surface area contributed by atoms with E-state index in [1.165, 1.54) is 12.1 Å².